The molecule has 1 aliphatic rings. The van der Waals surface area contributed by atoms with Gasteiger partial charge in [0, 0.05) is 17.2 Å². The van der Waals surface area contributed by atoms with E-state index in [1.165, 1.54) is 12.1 Å². The Hall–Kier alpha value is -2.82. The first kappa shape index (κ1) is 13.2. The van der Waals surface area contributed by atoms with Crippen molar-refractivity contribution in [2.24, 2.45) is 0 Å². The van der Waals surface area contributed by atoms with Gasteiger partial charge in [0.05, 0.1) is 4.92 Å². The van der Waals surface area contributed by atoms with Crippen LogP contribution in [0.25, 0.3) is 6.08 Å². The Balaban J connectivity index is 2.11. The Kier molecular flexibility index (Phi) is 3.10. The van der Waals surface area contributed by atoms with Crippen LogP contribution in [0.5, 0.6) is 11.5 Å². The highest BCUT2D eigenvalue weighted by Crippen LogP contribution is 2.42. The fraction of sp³-hybridized carbons (Fsp3) is 0.125. The average molecular weight is 283 g/mol. The second-order valence-electron chi connectivity index (χ2n) is 4.93. The van der Waals surface area contributed by atoms with Crippen LogP contribution in [0.3, 0.4) is 0 Å². The number of aromatic hydroxyl groups is 1. The molecule has 0 aliphatic carbocycles. The summed E-state index contributed by atoms with van der Waals surface area (Å²) in [4.78, 5) is 10.8. The molecule has 0 saturated carbocycles. The van der Waals surface area contributed by atoms with Gasteiger partial charge in [0.2, 0.25) is 6.10 Å². The average Bonchev–Trinajstić information content (AvgIpc) is 2.47. The molecule has 0 saturated heterocycles. The maximum atomic E-state index is 11.3. The molecule has 0 amide bonds. The Bertz CT molecular complexity index is 734. The number of hydrogen-bond donors (Lipinski definition) is 1. The third kappa shape index (κ3) is 2.33. The molecular weight excluding hydrogens is 270 g/mol. The minimum Gasteiger partial charge on any atom is -0.504 e. The van der Waals surface area contributed by atoms with E-state index >= 15 is 0 Å². The molecule has 5 nitrogen and oxygen atoms in total. The molecule has 3 rings (SSSR count). The van der Waals surface area contributed by atoms with Gasteiger partial charge in [-0.3, -0.25) is 10.1 Å². The molecule has 1 heterocycles. The number of hydrogen-bond acceptors (Lipinski definition) is 4. The minimum atomic E-state index is -0.832. The molecular formula is C16H13NO4. The highest BCUT2D eigenvalue weighted by Gasteiger charge is 2.34. The van der Waals surface area contributed by atoms with Crippen molar-refractivity contribution >= 4 is 6.08 Å². The lowest BCUT2D eigenvalue weighted by molar-refractivity contribution is -0.434. The van der Waals surface area contributed by atoms with Crippen LogP contribution in [0.2, 0.25) is 0 Å². The van der Waals surface area contributed by atoms with Crippen LogP contribution in [-0.4, -0.2) is 10.0 Å². The Labute approximate surface area is 121 Å². The molecule has 21 heavy (non-hydrogen) atoms. The van der Waals surface area contributed by atoms with E-state index in [-0.39, 0.29) is 17.2 Å². The van der Waals surface area contributed by atoms with E-state index in [2.05, 4.69) is 0 Å². The highest BCUT2D eigenvalue weighted by atomic mass is 16.6. The summed E-state index contributed by atoms with van der Waals surface area (Å²) in [5.74, 6) is 0.247. The second kappa shape index (κ2) is 4.94. The third-order valence-corrected chi connectivity index (χ3v) is 3.42. The first-order valence-electron chi connectivity index (χ1n) is 6.47. The van der Waals surface area contributed by atoms with E-state index in [4.69, 9.17) is 4.74 Å². The molecule has 106 valence electrons. The largest absolute Gasteiger partial charge is 0.504 e. The number of aryl methyl sites for hydroxylation is 1. The van der Waals surface area contributed by atoms with Crippen molar-refractivity contribution in [1.82, 2.24) is 0 Å². The number of ether oxygens (including phenoxy) is 1. The van der Waals surface area contributed by atoms with E-state index in [9.17, 15) is 15.2 Å². The van der Waals surface area contributed by atoms with E-state index < -0.39 is 11.0 Å². The minimum absolute atomic E-state index is 0.0248. The summed E-state index contributed by atoms with van der Waals surface area (Å²) < 4.78 is 5.70. The monoisotopic (exact) mass is 283 g/mol. The van der Waals surface area contributed by atoms with Crippen LogP contribution in [0.15, 0.2) is 48.2 Å². The third-order valence-electron chi connectivity index (χ3n) is 3.42. The molecule has 2 aromatic carbocycles. The molecule has 2 aromatic rings. The van der Waals surface area contributed by atoms with Crippen LogP contribution in [0, 0.1) is 17.0 Å². The number of para-hydroxylation sites is 1. The topological polar surface area (TPSA) is 72.6 Å². The van der Waals surface area contributed by atoms with Gasteiger partial charge in [-0.25, -0.2) is 0 Å². The van der Waals surface area contributed by atoms with Gasteiger partial charge >= 0.3 is 0 Å². The first-order chi connectivity index (χ1) is 10.1. The zero-order valence-electron chi connectivity index (χ0n) is 11.3. The van der Waals surface area contributed by atoms with Gasteiger partial charge in [-0.05, 0) is 13.0 Å². The molecule has 0 radical (unpaired) electrons. The fourth-order valence-corrected chi connectivity index (χ4v) is 2.33. The van der Waals surface area contributed by atoms with Gasteiger partial charge in [-0.2, -0.15) is 0 Å². The van der Waals surface area contributed by atoms with Gasteiger partial charge in [0.15, 0.2) is 11.5 Å². The predicted molar refractivity (Wildman–Crippen MR) is 77.6 cm³/mol. The molecule has 1 atom stereocenters. The van der Waals surface area contributed by atoms with Crippen molar-refractivity contribution in [1.29, 1.82) is 0 Å². The quantitative estimate of drug-likeness (QED) is 0.676. The predicted octanol–water partition coefficient (Wildman–Crippen LogP) is 3.45. The van der Waals surface area contributed by atoms with Gasteiger partial charge in [-0.1, -0.05) is 42.0 Å². The Morgan fingerprint density at radius 2 is 1.90 bits per heavy atom. The van der Waals surface area contributed by atoms with Crippen LogP contribution in [-0.2, 0) is 0 Å². The van der Waals surface area contributed by atoms with E-state index in [0.29, 0.717) is 11.1 Å². The Morgan fingerprint density at radius 3 is 2.57 bits per heavy atom. The van der Waals surface area contributed by atoms with Crippen molar-refractivity contribution in [3.05, 3.63) is 75.0 Å². The molecule has 1 aliphatic heterocycles. The summed E-state index contributed by atoms with van der Waals surface area (Å²) in [5, 5.41) is 21.2. The molecule has 0 fully saturated rings. The van der Waals surface area contributed by atoms with Crippen molar-refractivity contribution < 1.29 is 14.8 Å². The van der Waals surface area contributed by atoms with Gasteiger partial charge in [0.1, 0.15) is 0 Å². The van der Waals surface area contributed by atoms with E-state index in [0.717, 1.165) is 5.56 Å². The number of nitro groups is 1. The number of nitrogens with zero attached hydrogens (tertiary/aromatic N) is 1. The normalized spacial score (nSPS) is 16.6. The van der Waals surface area contributed by atoms with Crippen molar-refractivity contribution in [2.45, 2.75) is 13.0 Å². The van der Waals surface area contributed by atoms with E-state index in [1.807, 2.05) is 19.1 Å². The van der Waals surface area contributed by atoms with E-state index in [1.54, 1.807) is 24.3 Å². The van der Waals surface area contributed by atoms with Gasteiger partial charge in [0.25, 0.3) is 5.70 Å². The molecule has 1 unspecified atom stereocenters. The summed E-state index contributed by atoms with van der Waals surface area (Å²) in [6, 6.07) is 12.1. The zero-order chi connectivity index (χ0) is 15.0. The SMILES string of the molecule is Cc1ccc(C2Oc3c(O)cccc3C=C2[N+](=O)[O-])cc1. The number of phenols is 1. The van der Waals surface area contributed by atoms with Crippen LogP contribution in [0.4, 0.5) is 0 Å². The maximum Gasteiger partial charge on any atom is 0.291 e. The summed E-state index contributed by atoms with van der Waals surface area (Å²) >= 11 is 0. The number of fused-ring (bicyclic) bond motifs is 1. The molecule has 1 N–H and O–H groups in total. The van der Waals surface area contributed by atoms with Gasteiger partial charge < -0.3 is 9.84 Å². The molecule has 0 aromatic heterocycles. The standard InChI is InChI=1S/C16H13NO4/c1-10-5-7-11(8-6-10)15-13(17(19)20)9-12-3-2-4-14(18)16(12)21-15/h2-9,15,18H,1H3. The summed E-state index contributed by atoms with van der Waals surface area (Å²) in [6.07, 6.45) is 0.615. The van der Waals surface area contributed by atoms with Gasteiger partial charge in [-0.15, -0.1) is 0 Å². The Morgan fingerprint density at radius 1 is 1.19 bits per heavy atom. The van der Waals surface area contributed by atoms with Crippen molar-refractivity contribution in [3.8, 4) is 11.5 Å². The summed E-state index contributed by atoms with van der Waals surface area (Å²) in [7, 11) is 0. The fourth-order valence-electron chi connectivity index (χ4n) is 2.33. The zero-order valence-corrected chi connectivity index (χ0v) is 11.3. The number of rotatable bonds is 2. The number of phenolic OH excluding ortho intramolecular Hbond substituents is 1. The van der Waals surface area contributed by atoms with Crippen molar-refractivity contribution in [2.75, 3.05) is 0 Å². The molecule has 0 spiro atoms. The molecule has 5 heteroatoms. The second-order valence-corrected chi connectivity index (χ2v) is 4.93. The van der Waals surface area contributed by atoms with Crippen molar-refractivity contribution in [3.63, 3.8) is 0 Å². The summed E-state index contributed by atoms with van der Waals surface area (Å²) in [6.45, 7) is 1.94. The van der Waals surface area contributed by atoms with Crippen LogP contribution >= 0.6 is 0 Å². The summed E-state index contributed by atoms with van der Waals surface area (Å²) in [5.41, 5.74) is 2.20. The number of benzene rings is 2. The maximum absolute atomic E-state index is 11.3. The first-order valence-corrected chi connectivity index (χ1v) is 6.47. The lowest BCUT2D eigenvalue weighted by Crippen LogP contribution is -2.19. The smallest absolute Gasteiger partial charge is 0.291 e. The molecule has 0 bridgehead atoms. The van der Waals surface area contributed by atoms with Crippen LogP contribution < -0.4 is 4.74 Å². The highest BCUT2D eigenvalue weighted by molar-refractivity contribution is 5.66. The lowest BCUT2D eigenvalue weighted by atomic mass is 10.00. The van der Waals surface area contributed by atoms with Crippen LogP contribution in [0.1, 0.15) is 22.8 Å². The lowest BCUT2D eigenvalue weighted by Gasteiger charge is -2.23.